The number of carboxylic acids is 2. The highest BCUT2D eigenvalue weighted by atomic mass is 16.5. The number of rotatable bonds is 8. The maximum Gasteiger partial charge on any atom is 0.337 e. The third kappa shape index (κ3) is 5.77. The van der Waals surface area contributed by atoms with Crippen LogP contribution in [0.4, 0.5) is 5.69 Å². The van der Waals surface area contributed by atoms with E-state index in [0.29, 0.717) is 23.2 Å². The van der Waals surface area contributed by atoms with Crippen molar-refractivity contribution in [1.29, 1.82) is 0 Å². The number of hydrogen-bond donors (Lipinski definition) is 3. The quantitative estimate of drug-likeness (QED) is 0.312. The highest BCUT2D eigenvalue weighted by Crippen LogP contribution is 2.46. The zero-order chi connectivity index (χ0) is 26.8. The largest absolute Gasteiger partial charge is 0.481 e. The molecule has 0 amide bonds. The molecule has 6 nitrogen and oxygen atoms in total. The molecule has 3 rings (SSSR count). The summed E-state index contributed by atoms with van der Waals surface area (Å²) >= 11 is 0. The number of hydrogen-bond acceptors (Lipinski definition) is 4. The number of carboxylic acid groups (broad SMARTS) is 2. The van der Waals surface area contributed by atoms with Crippen LogP contribution in [0.15, 0.2) is 48.5 Å². The van der Waals surface area contributed by atoms with Gasteiger partial charge in [0, 0.05) is 23.2 Å². The summed E-state index contributed by atoms with van der Waals surface area (Å²) in [5.74, 6) is -1.96. The topological polar surface area (TPSA) is 110 Å². The predicted octanol–water partition coefficient (Wildman–Crippen LogP) is 6.49. The van der Waals surface area contributed by atoms with Crippen molar-refractivity contribution in [1.82, 2.24) is 0 Å². The molecule has 0 spiro atoms. The fourth-order valence-electron chi connectivity index (χ4n) is 4.63. The van der Waals surface area contributed by atoms with Crippen LogP contribution in [0.3, 0.4) is 0 Å². The average molecular weight is 490 g/mol. The molecule has 36 heavy (non-hydrogen) atoms. The number of aliphatic carboxylic acids is 2. The minimum Gasteiger partial charge on any atom is -0.481 e. The lowest BCUT2D eigenvalue weighted by molar-refractivity contribution is -0.160. The van der Waals surface area contributed by atoms with E-state index < -0.39 is 23.6 Å². The Labute approximate surface area is 212 Å². The number of benzene rings is 3. The van der Waals surface area contributed by atoms with E-state index in [-0.39, 0.29) is 6.42 Å². The van der Waals surface area contributed by atoms with Gasteiger partial charge in [-0.3, -0.25) is 4.79 Å². The van der Waals surface area contributed by atoms with Crippen LogP contribution >= 0.6 is 0 Å². The van der Waals surface area contributed by atoms with Crippen molar-refractivity contribution in [2.24, 2.45) is 0 Å². The van der Waals surface area contributed by atoms with Crippen LogP contribution in [0.1, 0.15) is 61.1 Å². The van der Waals surface area contributed by atoms with Crippen molar-refractivity contribution in [3.05, 3.63) is 76.3 Å². The van der Waals surface area contributed by atoms with Gasteiger partial charge in [0.25, 0.3) is 0 Å². The van der Waals surface area contributed by atoms with Crippen LogP contribution in [0.2, 0.25) is 0 Å². The molecule has 4 N–H and O–H groups in total. The van der Waals surface area contributed by atoms with Gasteiger partial charge in [0.1, 0.15) is 0 Å². The molecular weight excluding hydrogens is 454 g/mol. The van der Waals surface area contributed by atoms with Crippen LogP contribution in [0.25, 0.3) is 22.3 Å². The van der Waals surface area contributed by atoms with Gasteiger partial charge in [-0.05, 0) is 81.3 Å². The standard InChI is InChI=1S/C30H35NO5/c1-17-11-13-21(14-12-17)24-18(2)25(22-10-8-7-9-20(22)15-16-23(32)33)27(31)19(3)26(24)28(29(34)35)36-30(4,5)6/h7-14,28H,15-16,31H2,1-6H3,(H,32,33)(H,34,35)/t28-/m0/s1. The molecule has 3 aromatic rings. The molecule has 0 aliphatic heterocycles. The molecule has 0 saturated carbocycles. The second-order valence-electron chi connectivity index (χ2n) is 10.2. The van der Waals surface area contributed by atoms with Crippen LogP contribution < -0.4 is 5.73 Å². The maximum absolute atomic E-state index is 12.5. The third-order valence-electron chi connectivity index (χ3n) is 6.29. The predicted molar refractivity (Wildman–Crippen MR) is 143 cm³/mol. The maximum atomic E-state index is 12.5. The molecule has 0 aliphatic rings. The van der Waals surface area contributed by atoms with Crippen molar-refractivity contribution in [3.8, 4) is 22.3 Å². The fourth-order valence-corrected chi connectivity index (χ4v) is 4.63. The Morgan fingerprint density at radius 1 is 0.917 bits per heavy atom. The fraction of sp³-hybridized carbons (Fsp3) is 0.333. The number of carbonyl (C=O) groups is 2. The lowest BCUT2D eigenvalue weighted by Crippen LogP contribution is -2.28. The zero-order valence-corrected chi connectivity index (χ0v) is 21.8. The SMILES string of the molecule is Cc1ccc(-c2c(C)c(-c3ccccc3CCC(=O)O)c(N)c(C)c2[C@H](OC(C)(C)C)C(=O)O)cc1. The van der Waals surface area contributed by atoms with E-state index in [1.165, 1.54) is 0 Å². The molecule has 0 radical (unpaired) electrons. The molecule has 190 valence electrons. The van der Waals surface area contributed by atoms with Gasteiger partial charge in [-0.15, -0.1) is 0 Å². The molecule has 0 bridgehead atoms. The van der Waals surface area contributed by atoms with Crippen molar-refractivity contribution in [2.45, 2.75) is 66.1 Å². The van der Waals surface area contributed by atoms with Gasteiger partial charge in [-0.25, -0.2) is 4.79 Å². The molecule has 0 unspecified atom stereocenters. The summed E-state index contributed by atoms with van der Waals surface area (Å²) in [5.41, 5.74) is 13.7. The van der Waals surface area contributed by atoms with Gasteiger partial charge in [-0.1, -0.05) is 54.1 Å². The second kappa shape index (κ2) is 10.5. The van der Waals surface area contributed by atoms with Crippen molar-refractivity contribution in [3.63, 3.8) is 0 Å². The smallest absolute Gasteiger partial charge is 0.337 e. The summed E-state index contributed by atoms with van der Waals surface area (Å²) in [6, 6.07) is 15.6. The Hall–Kier alpha value is -3.64. The van der Waals surface area contributed by atoms with Crippen molar-refractivity contribution in [2.75, 3.05) is 5.73 Å². The summed E-state index contributed by atoms with van der Waals surface area (Å²) in [7, 11) is 0. The van der Waals surface area contributed by atoms with E-state index in [1.807, 2.05) is 90.1 Å². The molecule has 6 heteroatoms. The molecule has 3 aromatic carbocycles. The Balaban J connectivity index is 2.41. The van der Waals surface area contributed by atoms with Gasteiger partial charge in [-0.2, -0.15) is 0 Å². The summed E-state index contributed by atoms with van der Waals surface area (Å²) in [5, 5.41) is 19.5. The van der Waals surface area contributed by atoms with E-state index in [1.54, 1.807) is 0 Å². The number of nitrogens with two attached hydrogens (primary N) is 1. The zero-order valence-electron chi connectivity index (χ0n) is 21.8. The number of ether oxygens (including phenoxy) is 1. The minimum atomic E-state index is -1.22. The van der Waals surface area contributed by atoms with E-state index in [4.69, 9.17) is 10.5 Å². The Morgan fingerprint density at radius 2 is 1.53 bits per heavy atom. The molecular formula is C30H35NO5. The summed E-state index contributed by atoms with van der Waals surface area (Å²) in [4.78, 5) is 23.8. The lowest BCUT2D eigenvalue weighted by Gasteiger charge is -2.30. The molecule has 1 atom stereocenters. The van der Waals surface area contributed by atoms with E-state index in [2.05, 4.69) is 0 Å². The van der Waals surface area contributed by atoms with Gasteiger partial charge >= 0.3 is 11.9 Å². The number of nitrogen functional groups attached to an aromatic ring is 1. The molecule has 0 saturated heterocycles. The third-order valence-corrected chi connectivity index (χ3v) is 6.29. The van der Waals surface area contributed by atoms with Crippen molar-refractivity contribution >= 4 is 17.6 Å². The molecule has 0 heterocycles. The molecule has 0 aliphatic carbocycles. The summed E-state index contributed by atoms with van der Waals surface area (Å²) in [6.45, 7) is 11.2. The summed E-state index contributed by atoms with van der Waals surface area (Å²) < 4.78 is 6.08. The lowest BCUT2D eigenvalue weighted by atomic mass is 9.81. The first-order valence-electron chi connectivity index (χ1n) is 12.0. The molecule has 0 aromatic heterocycles. The Bertz CT molecular complexity index is 1290. The highest BCUT2D eigenvalue weighted by molar-refractivity contribution is 5.94. The van der Waals surface area contributed by atoms with E-state index in [0.717, 1.165) is 38.9 Å². The molecule has 0 fully saturated rings. The average Bonchev–Trinajstić information content (AvgIpc) is 2.79. The normalized spacial score (nSPS) is 12.4. The van der Waals surface area contributed by atoms with Gasteiger partial charge in [0.05, 0.1) is 5.60 Å². The van der Waals surface area contributed by atoms with E-state index in [9.17, 15) is 19.8 Å². The van der Waals surface area contributed by atoms with E-state index >= 15 is 0 Å². The summed E-state index contributed by atoms with van der Waals surface area (Å²) in [6.07, 6.45) is -0.868. The first-order valence-corrected chi connectivity index (χ1v) is 12.0. The Morgan fingerprint density at radius 3 is 2.08 bits per heavy atom. The first-order chi connectivity index (χ1) is 16.8. The van der Waals surface area contributed by atoms with Crippen LogP contribution in [0, 0.1) is 20.8 Å². The minimum absolute atomic E-state index is 0.00163. The van der Waals surface area contributed by atoms with Crippen LogP contribution in [-0.2, 0) is 20.7 Å². The number of aryl methyl sites for hydroxylation is 2. The Kier molecular flexibility index (Phi) is 7.89. The van der Waals surface area contributed by atoms with Crippen molar-refractivity contribution < 1.29 is 24.5 Å². The van der Waals surface area contributed by atoms with Gasteiger partial charge < -0.3 is 20.7 Å². The van der Waals surface area contributed by atoms with Gasteiger partial charge in [0.2, 0.25) is 0 Å². The second-order valence-corrected chi connectivity index (χ2v) is 10.2. The van der Waals surface area contributed by atoms with Crippen LogP contribution in [0.5, 0.6) is 0 Å². The number of anilines is 1. The van der Waals surface area contributed by atoms with Crippen LogP contribution in [-0.4, -0.2) is 27.8 Å². The highest BCUT2D eigenvalue weighted by Gasteiger charge is 2.33. The first kappa shape index (κ1) is 27.0. The van der Waals surface area contributed by atoms with Gasteiger partial charge in [0.15, 0.2) is 6.10 Å². The monoisotopic (exact) mass is 489 g/mol.